The van der Waals surface area contributed by atoms with E-state index in [9.17, 15) is 50.1 Å². The highest BCUT2D eigenvalue weighted by Crippen LogP contribution is 2.76. The highest BCUT2D eigenvalue weighted by molar-refractivity contribution is 5.77. The number of carboxylic acid groups (broad SMARTS) is 2. The number of aliphatic hydroxyl groups is 5. The maximum Gasteiger partial charge on any atom is 0.335 e. The van der Waals surface area contributed by atoms with Gasteiger partial charge in [-0.3, -0.25) is 4.79 Å². The molecule has 0 aromatic rings. The van der Waals surface area contributed by atoms with Crippen LogP contribution in [0.5, 0.6) is 0 Å². The lowest BCUT2D eigenvalue weighted by atomic mass is 9.32. The second kappa shape index (κ2) is 13.8. The summed E-state index contributed by atoms with van der Waals surface area (Å²) in [5, 5.41) is 72.8. The first-order chi connectivity index (χ1) is 25.6. The van der Waals surface area contributed by atoms with Crippen LogP contribution in [-0.2, 0) is 33.3 Å². The van der Waals surface area contributed by atoms with Crippen molar-refractivity contribution >= 4 is 18.2 Å². The summed E-state index contributed by atoms with van der Waals surface area (Å²) in [6, 6.07) is 0. The van der Waals surface area contributed by atoms with Gasteiger partial charge in [-0.25, -0.2) is 4.79 Å². The van der Waals surface area contributed by atoms with E-state index in [0.29, 0.717) is 19.3 Å². The van der Waals surface area contributed by atoms with Gasteiger partial charge in [-0.15, -0.1) is 0 Å². The number of fused-ring (bicyclic) bond motifs is 7. The van der Waals surface area contributed by atoms with Crippen LogP contribution < -0.4 is 0 Å². The van der Waals surface area contributed by atoms with Gasteiger partial charge in [0.25, 0.3) is 0 Å². The van der Waals surface area contributed by atoms with Gasteiger partial charge in [0.2, 0.25) is 0 Å². The predicted molar refractivity (Wildman–Crippen MR) is 193 cm³/mol. The Morgan fingerprint density at radius 1 is 0.745 bits per heavy atom. The summed E-state index contributed by atoms with van der Waals surface area (Å²) in [6.07, 6.45) is -4.66. The standard InChI is InChI=1S/C41H62O14/c1-36(2)23-9-11-40(6)24(8-7-20-21-17-38(4,35(50)51)14-13-37(21,3)15-16-39(20,40)5)41(23,19-42)12-10-25(36)53-34-31(28(46)27(45)30(54-34)32(48)49)55-33-29(47)26(44)22(43)18-52-33/h17,19-20,22-31,33-34,43-47H,7-16,18H2,1-6H3,(H,48,49)(H,50,51)/t20-,22-,23+,24+,25+,26+,27+,28+,29-,30+,31-,33+,34-,37-,38+,39-,40-,41-/m1/s1. The van der Waals surface area contributed by atoms with Gasteiger partial charge in [0.05, 0.1) is 18.1 Å². The molecule has 14 nitrogen and oxygen atoms in total. The highest BCUT2D eigenvalue weighted by atomic mass is 16.8. The maximum absolute atomic E-state index is 13.8. The third kappa shape index (κ3) is 6.01. The Morgan fingerprint density at radius 2 is 1.44 bits per heavy atom. The lowest BCUT2D eigenvalue weighted by Gasteiger charge is -2.72. The van der Waals surface area contributed by atoms with Crippen LogP contribution in [0.1, 0.15) is 106 Å². The number of allylic oxidation sites excluding steroid dienone is 1. The predicted octanol–water partition coefficient (Wildman–Crippen LogP) is 2.79. The van der Waals surface area contributed by atoms with Crippen molar-refractivity contribution in [2.45, 2.75) is 167 Å². The first kappa shape index (κ1) is 41.2. The Balaban J connectivity index is 1.16. The Labute approximate surface area is 322 Å². The smallest absolute Gasteiger partial charge is 0.335 e. The summed E-state index contributed by atoms with van der Waals surface area (Å²) in [4.78, 5) is 38.4. The van der Waals surface area contributed by atoms with Gasteiger partial charge < -0.3 is 59.5 Å². The van der Waals surface area contributed by atoms with Gasteiger partial charge >= 0.3 is 11.9 Å². The summed E-state index contributed by atoms with van der Waals surface area (Å²) in [5.74, 6) is -2.14. The van der Waals surface area contributed by atoms with Crippen LogP contribution in [0.4, 0.5) is 0 Å². The molecule has 2 heterocycles. The largest absolute Gasteiger partial charge is 0.481 e. The Morgan fingerprint density at radius 3 is 2.09 bits per heavy atom. The molecule has 0 bridgehead atoms. The van der Waals surface area contributed by atoms with E-state index in [4.69, 9.17) is 18.9 Å². The molecule has 7 rings (SSSR count). The van der Waals surface area contributed by atoms with Crippen molar-refractivity contribution in [1.29, 1.82) is 0 Å². The van der Waals surface area contributed by atoms with Crippen molar-refractivity contribution in [3.8, 4) is 0 Å². The third-order valence-corrected chi connectivity index (χ3v) is 16.9. The molecule has 0 amide bonds. The second-order valence-electron chi connectivity index (χ2n) is 19.8. The molecule has 18 atom stereocenters. The number of hydrogen-bond acceptors (Lipinski definition) is 12. The average molecular weight is 779 g/mol. The fourth-order valence-electron chi connectivity index (χ4n) is 13.1. The van der Waals surface area contributed by atoms with E-state index in [1.165, 1.54) is 11.9 Å². The number of hydrogen-bond donors (Lipinski definition) is 7. The molecule has 310 valence electrons. The Hall–Kier alpha value is -2.01. The topological polar surface area (TPSA) is 230 Å². The van der Waals surface area contributed by atoms with Crippen LogP contribution >= 0.6 is 0 Å². The molecule has 6 fully saturated rings. The molecule has 2 aliphatic heterocycles. The highest BCUT2D eigenvalue weighted by Gasteiger charge is 2.71. The molecule has 4 saturated carbocycles. The number of aliphatic hydroxyl groups excluding tert-OH is 5. The Kier molecular flexibility index (Phi) is 10.3. The first-order valence-corrected chi connectivity index (χ1v) is 20.2. The summed E-state index contributed by atoms with van der Waals surface area (Å²) in [7, 11) is 0. The number of carbonyl (C=O) groups is 3. The zero-order chi connectivity index (χ0) is 40.3. The Bertz CT molecular complexity index is 1570. The molecule has 0 aromatic carbocycles. The number of aliphatic carboxylic acids is 2. The van der Waals surface area contributed by atoms with Crippen molar-refractivity contribution in [2.75, 3.05) is 6.61 Å². The molecular formula is C41H62O14. The van der Waals surface area contributed by atoms with Gasteiger partial charge in [0.15, 0.2) is 18.7 Å². The van der Waals surface area contributed by atoms with Crippen LogP contribution in [0.3, 0.4) is 0 Å². The quantitative estimate of drug-likeness (QED) is 0.112. The molecule has 7 aliphatic rings. The summed E-state index contributed by atoms with van der Waals surface area (Å²) >= 11 is 0. The van der Waals surface area contributed by atoms with Crippen LogP contribution in [-0.4, -0.2) is 122 Å². The van der Waals surface area contributed by atoms with Gasteiger partial charge in [-0.05, 0) is 111 Å². The molecule has 0 aromatic heterocycles. The van der Waals surface area contributed by atoms with Gasteiger partial charge in [-0.1, -0.05) is 46.3 Å². The van der Waals surface area contributed by atoms with E-state index in [2.05, 4.69) is 26.8 Å². The molecule has 55 heavy (non-hydrogen) atoms. The van der Waals surface area contributed by atoms with Crippen molar-refractivity contribution in [3.05, 3.63) is 11.6 Å². The number of aldehydes is 1. The molecule has 5 aliphatic carbocycles. The van der Waals surface area contributed by atoms with Crippen LogP contribution in [0.15, 0.2) is 11.6 Å². The van der Waals surface area contributed by atoms with E-state index in [-0.39, 0.29) is 40.6 Å². The lowest BCUT2D eigenvalue weighted by molar-refractivity contribution is -0.365. The maximum atomic E-state index is 13.8. The molecule has 0 spiro atoms. The van der Waals surface area contributed by atoms with Crippen LogP contribution in [0.2, 0.25) is 0 Å². The third-order valence-electron chi connectivity index (χ3n) is 16.9. The molecular weight excluding hydrogens is 716 g/mol. The molecule has 7 N–H and O–H groups in total. The van der Waals surface area contributed by atoms with Crippen molar-refractivity contribution < 1.29 is 69.1 Å². The SMILES string of the molecule is CC1(C)[C@@H](O[C@@H]2O[C@H](C(=O)O)[C@@H](O)[C@H](O)[C@H]2O[C@@H]2OC[C@@H](O)[C@H](O)[C@H]2O)CC[C@]2(C=O)[C@H]3CC[C@@H]4C5=C[C@@](C)(C(=O)O)CC[C@]5(C)CC[C@@]4(C)[C@]3(C)CC[C@@H]12. The summed E-state index contributed by atoms with van der Waals surface area (Å²) < 4.78 is 23.7. The monoisotopic (exact) mass is 778 g/mol. The molecule has 0 unspecified atom stereocenters. The molecule has 2 saturated heterocycles. The number of rotatable bonds is 7. The van der Waals surface area contributed by atoms with E-state index in [0.717, 1.165) is 44.9 Å². The number of ether oxygens (including phenoxy) is 4. The number of carbonyl (C=O) groups excluding carboxylic acids is 1. The minimum atomic E-state index is -1.92. The molecule has 0 radical (unpaired) electrons. The number of carboxylic acids is 2. The minimum absolute atomic E-state index is 0.0342. The van der Waals surface area contributed by atoms with Crippen molar-refractivity contribution in [2.24, 2.45) is 50.2 Å². The van der Waals surface area contributed by atoms with Crippen molar-refractivity contribution in [1.82, 2.24) is 0 Å². The van der Waals surface area contributed by atoms with E-state index >= 15 is 0 Å². The average Bonchev–Trinajstić information content (AvgIpc) is 3.12. The molecule has 14 heteroatoms. The fourth-order valence-corrected chi connectivity index (χ4v) is 13.1. The van der Waals surface area contributed by atoms with E-state index in [1.807, 2.05) is 20.8 Å². The van der Waals surface area contributed by atoms with Gasteiger partial charge in [-0.2, -0.15) is 0 Å². The van der Waals surface area contributed by atoms with E-state index < -0.39 is 89.6 Å². The minimum Gasteiger partial charge on any atom is -0.481 e. The van der Waals surface area contributed by atoms with Gasteiger partial charge in [0, 0.05) is 5.41 Å². The first-order valence-electron chi connectivity index (χ1n) is 20.2. The summed E-state index contributed by atoms with van der Waals surface area (Å²) in [5.41, 5.74) is -1.32. The van der Waals surface area contributed by atoms with Crippen LogP contribution in [0, 0.1) is 50.2 Å². The lowest BCUT2D eigenvalue weighted by Crippen LogP contribution is -2.68. The normalized spacial score (nSPS) is 53.4. The zero-order valence-electron chi connectivity index (χ0n) is 32.9. The zero-order valence-corrected chi connectivity index (χ0v) is 32.9. The summed E-state index contributed by atoms with van der Waals surface area (Å²) in [6.45, 7) is 12.6. The fraction of sp³-hybridized carbons (Fsp3) is 0.878. The van der Waals surface area contributed by atoms with Crippen LogP contribution in [0.25, 0.3) is 0 Å². The van der Waals surface area contributed by atoms with Gasteiger partial charge in [0.1, 0.15) is 42.9 Å². The second-order valence-corrected chi connectivity index (χ2v) is 19.8. The van der Waals surface area contributed by atoms with E-state index in [1.54, 1.807) is 0 Å². The van der Waals surface area contributed by atoms with Crippen molar-refractivity contribution in [3.63, 3.8) is 0 Å².